The van der Waals surface area contributed by atoms with Crippen molar-refractivity contribution in [3.8, 4) is 22.8 Å². The minimum absolute atomic E-state index is 0.0781. The van der Waals surface area contributed by atoms with Crippen molar-refractivity contribution in [2.75, 3.05) is 14.2 Å². The normalized spacial score (nSPS) is 29.2. The Morgan fingerprint density at radius 1 is 1.11 bits per heavy atom. The van der Waals surface area contributed by atoms with E-state index in [9.17, 15) is 14.7 Å². The number of benzene rings is 1. The number of ether oxygens (including phenoxy) is 2. The maximum Gasteiger partial charge on any atom is 0.328 e. The second kappa shape index (κ2) is 9.93. The first-order chi connectivity index (χ1) is 18.3. The van der Waals surface area contributed by atoms with E-state index in [1.807, 2.05) is 11.0 Å². The van der Waals surface area contributed by atoms with Gasteiger partial charge in [0.05, 0.1) is 24.7 Å². The van der Waals surface area contributed by atoms with Crippen LogP contribution >= 0.6 is 24.0 Å². The van der Waals surface area contributed by atoms with Crippen LogP contribution in [0, 0.1) is 23.7 Å². The average Bonchev–Trinajstić information content (AvgIpc) is 3.41. The zero-order chi connectivity index (χ0) is 26.6. The molecule has 1 aromatic carbocycles. The van der Waals surface area contributed by atoms with E-state index in [1.165, 1.54) is 49.9 Å². The van der Waals surface area contributed by atoms with Gasteiger partial charge in [0.25, 0.3) is 5.91 Å². The Bertz CT molecular complexity index is 1350. The van der Waals surface area contributed by atoms with E-state index in [-0.39, 0.29) is 11.9 Å². The van der Waals surface area contributed by atoms with Crippen LogP contribution in [0.3, 0.4) is 0 Å². The van der Waals surface area contributed by atoms with E-state index in [0.717, 1.165) is 17.9 Å². The van der Waals surface area contributed by atoms with Crippen LogP contribution in [0.4, 0.5) is 0 Å². The summed E-state index contributed by atoms with van der Waals surface area (Å²) in [5.41, 5.74) is 1.22. The van der Waals surface area contributed by atoms with Crippen molar-refractivity contribution >= 4 is 52.3 Å². The molecule has 2 heterocycles. The molecule has 4 aliphatic carbocycles. The number of hydrogen-bond donors (Lipinski definition) is 1. The third kappa shape index (κ3) is 4.45. The summed E-state index contributed by atoms with van der Waals surface area (Å²) >= 11 is 7.04. The Balaban J connectivity index is 1.34. The molecule has 0 atom stereocenters. The lowest BCUT2D eigenvalue weighted by Gasteiger charge is -2.56. The number of amides is 1. The molecule has 1 aromatic heterocycles. The Kier molecular flexibility index (Phi) is 6.60. The Hall–Kier alpha value is -3.04. The zero-order valence-electron chi connectivity index (χ0n) is 21.2. The van der Waals surface area contributed by atoms with Crippen molar-refractivity contribution in [3.05, 3.63) is 46.6 Å². The lowest BCUT2D eigenvalue weighted by molar-refractivity contribution is -0.131. The first kappa shape index (κ1) is 25.2. The van der Waals surface area contributed by atoms with Crippen LogP contribution in [0.25, 0.3) is 23.5 Å². The molecule has 4 saturated carbocycles. The summed E-state index contributed by atoms with van der Waals surface area (Å²) in [6.07, 6.45) is 10.4. The molecule has 1 aliphatic heterocycles. The van der Waals surface area contributed by atoms with Crippen LogP contribution in [0.5, 0.6) is 11.5 Å². The van der Waals surface area contributed by atoms with Crippen molar-refractivity contribution in [2.24, 2.45) is 23.7 Å². The van der Waals surface area contributed by atoms with Gasteiger partial charge in [-0.25, -0.2) is 4.79 Å². The van der Waals surface area contributed by atoms with Crippen LogP contribution in [0.1, 0.15) is 43.4 Å². The molecule has 0 unspecified atom stereocenters. The molecule has 9 heteroatoms. The Morgan fingerprint density at radius 2 is 1.82 bits per heavy atom. The molecule has 1 saturated heterocycles. The highest BCUT2D eigenvalue weighted by atomic mass is 32.2. The monoisotopic (exact) mass is 551 g/mol. The molecule has 1 amide bonds. The number of thioether (sulfide) groups is 1. The third-order valence-electron chi connectivity index (χ3n) is 8.43. The molecule has 5 fully saturated rings. The molecule has 7 nitrogen and oxygen atoms in total. The van der Waals surface area contributed by atoms with Gasteiger partial charge < -0.3 is 19.0 Å². The van der Waals surface area contributed by atoms with Crippen LogP contribution in [-0.2, 0) is 9.59 Å². The third-order valence-corrected chi connectivity index (χ3v) is 9.76. The number of carboxylic acid groups (broad SMARTS) is 1. The summed E-state index contributed by atoms with van der Waals surface area (Å²) in [6, 6.07) is 7.29. The highest BCUT2D eigenvalue weighted by molar-refractivity contribution is 8.26. The molecule has 7 rings (SSSR count). The predicted octanol–water partition coefficient (Wildman–Crippen LogP) is 6.09. The fraction of sp³-hybridized carbons (Fsp3) is 0.414. The number of nitrogens with zero attached hydrogens (tertiary/aromatic N) is 1. The van der Waals surface area contributed by atoms with Gasteiger partial charge in [-0.1, -0.05) is 24.0 Å². The zero-order valence-corrected chi connectivity index (χ0v) is 22.8. The van der Waals surface area contributed by atoms with E-state index < -0.39 is 5.97 Å². The van der Waals surface area contributed by atoms with Gasteiger partial charge >= 0.3 is 5.97 Å². The maximum absolute atomic E-state index is 13.7. The molecular weight excluding hydrogens is 522 g/mol. The number of methoxy groups -OCH3 is 2. The van der Waals surface area contributed by atoms with E-state index >= 15 is 0 Å². The SMILES string of the molecule is COc1ccc(-c2cc(/C=C/C(=O)O)c(/C=C3\SC(=S)N(C4C5CC6CC(C5)CC4C6)C3=O)o2)c(OC)c1. The molecule has 198 valence electrons. The molecule has 1 N–H and O–H groups in total. The van der Waals surface area contributed by atoms with Crippen LogP contribution in [0.15, 0.2) is 39.7 Å². The smallest absolute Gasteiger partial charge is 0.328 e. The Morgan fingerprint density at radius 3 is 2.45 bits per heavy atom. The number of furan rings is 1. The lowest BCUT2D eigenvalue weighted by Crippen LogP contribution is -2.57. The van der Waals surface area contributed by atoms with Crippen molar-refractivity contribution in [1.82, 2.24) is 4.90 Å². The van der Waals surface area contributed by atoms with Crippen molar-refractivity contribution in [2.45, 2.75) is 38.1 Å². The molecular formula is C29H29NO6S2. The standard InChI is InChI=1S/C29H29NO6S2/c1-34-20-4-5-21(23(13-20)35-2)24-12-17(3-6-26(31)32)22(36-24)14-25-28(33)30(29(37)38-25)27-18-8-15-7-16(10-18)11-19(27)9-15/h3-6,12-16,18-19,27H,7-11H2,1-2H3,(H,31,32)/b6-3+,25-14-. The van der Waals surface area contributed by atoms with Gasteiger partial charge in [0.1, 0.15) is 27.3 Å². The summed E-state index contributed by atoms with van der Waals surface area (Å²) in [4.78, 5) is 27.4. The van der Waals surface area contributed by atoms with Crippen molar-refractivity contribution in [3.63, 3.8) is 0 Å². The largest absolute Gasteiger partial charge is 0.497 e. The van der Waals surface area contributed by atoms with Gasteiger partial charge in [-0.3, -0.25) is 9.69 Å². The highest BCUT2D eigenvalue weighted by Gasteiger charge is 2.53. The number of hydrogen-bond acceptors (Lipinski definition) is 7. The van der Waals surface area contributed by atoms with E-state index in [1.54, 1.807) is 38.5 Å². The number of rotatable bonds is 7. The summed E-state index contributed by atoms with van der Waals surface area (Å²) in [6.45, 7) is 0. The second-order valence-electron chi connectivity index (χ2n) is 10.6. The number of thiocarbonyl (C=S) groups is 1. The first-order valence-electron chi connectivity index (χ1n) is 12.9. The summed E-state index contributed by atoms with van der Waals surface area (Å²) in [7, 11) is 3.14. The number of carboxylic acids is 1. The topological polar surface area (TPSA) is 89.2 Å². The van der Waals surface area contributed by atoms with Gasteiger partial charge in [-0.15, -0.1) is 0 Å². The van der Waals surface area contributed by atoms with Gasteiger partial charge in [0.2, 0.25) is 0 Å². The maximum atomic E-state index is 13.7. The van der Waals surface area contributed by atoms with Crippen LogP contribution in [0.2, 0.25) is 0 Å². The van der Waals surface area contributed by atoms with Crippen LogP contribution < -0.4 is 9.47 Å². The minimum atomic E-state index is -1.08. The van der Waals surface area contributed by atoms with Gasteiger partial charge in [0.15, 0.2) is 0 Å². The molecule has 2 aromatic rings. The highest BCUT2D eigenvalue weighted by Crippen LogP contribution is 2.56. The fourth-order valence-electron chi connectivity index (χ4n) is 7.13. The summed E-state index contributed by atoms with van der Waals surface area (Å²) in [5.74, 6) is 3.58. The predicted molar refractivity (Wildman–Crippen MR) is 150 cm³/mol. The van der Waals surface area contributed by atoms with Crippen molar-refractivity contribution < 1.29 is 28.6 Å². The van der Waals surface area contributed by atoms with E-state index in [4.69, 9.17) is 26.1 Å². The summed E-state index contributed by atoms with van der Waals surface area (Å²) in [5, 5.41) is 9.22. The Labute approximate surface area is 230 Å². The van der Waals surface area contributed by atoms with Crippen molar-refractivity contribution in [1.29, 1.82) is 0 Å². The first-order valence-corrected chi connectivity index (χ1v) is 14.1. The van der Waals surface area contributed by atoms with Gasteiger partial charge in [-0.2, -0.15) is 0 Å². The van der Waals surface area contributed by atoms with E-state index in [0.29, 0.717) is 55.2 Å². The van der Waals surface area contributed by atoms with Crippen LogP contribution in [-0.4, -0.2) is 46.5 Å². The van der Waals surface area contributed by atoms with Gasteiger partial charge in [0, 0.05) is 29.8 Å². The fourth-order valence-corrected chi connectivity index (χ4v) is 8.45. The molecule has 38 heavy (non-hydrogen) atoms. The summed E-state index contributed by atoms with van der Waals surface area (Å²) < 4.78 is 17.6. The van der Waals surface area contributed by atoms with E-state index in [2.05, 4.69) is 0 Å². The lowest BCUT2D eigenvalue weighted by atomic mass is 9.54. The molecule has 0 radical (unpaired) electrons. The average molecular weight is 552 g/mol. The number of carbonyl (C=O) groups excluding carboxylic acids is 1. The quantitative estimate of drug-likeness (QED) is 0.327. The second-order valence-corrected chi connectivity index (χ2v) is 12.3. The number of carbonyl (C=O) groups is 2. The van der Waals surface area contributed by atoms with Gasteiger partial charge in [-0.05, 0) is 80.1 Å². The molecule has 4 bridgehead atoms. The number of aliphatic carboxylic acids is 1. The molecule has 5 aliphatic rings. The minimum Gasteiger partial charge on any atom is -0.497 e. The molecule has 0 spiro atoms.